The van der Waals surface area contributed by atoms with E-state index in [0.29, 0.717) is 18.4 Å². The first-order valence-electron chi connectivity index (χ1n) is 9.20. The van der Waals surface area contributed by atoms with Crippen molar-refractivity contribution in [1.82, 2.24) is 4.90 Å². The zero-order chi connectivity index (χ0) is 19.3. The Bertz CT molecular complexity index is 700. The van der Waals surface area contributed by atoms with Crippen molar-refractivity contribution in [1.29, 1.82) is 0 Å². The van der Waals surface area contributed by atoms with Gasteiger partial charge in [0.1, 0.15) is 5.60 Å². The largest absolute Gasteiger partial charge is 0.444 e. The molecule has 2 aliphatic heterocycles. The Balaban J connectivity index is 1.90. The van der Waals surface area contributed by atoms with Crippen molar-refractivity contribution < 1.29 is 23.4 Å². The Labute approximate surface area is 153 Å². The molecule has 0 spiro atoms. The number of hydrogen-bond donors (Lipinski definition) is 1. The molecule has 2 fully saturated rings. The summed E-state index contributed by atoms with van der Waals surface area (Å²) >= 11 is 0. The molecule has 2 bridgehead atoms. The Morgan fingerprint density at radius 3 is 2.35 bits per heavy atom. The molecular weight excluding hydrogens is 340 g/mol. The molecule has 2 saturated heterocycles. The Kier molecular flexibility index (Phi) is 4.76. The van der Waals surface area contributed by atoms with Gasteiger partial charge in [0.15, 0.2) is 11.6 Å². The molecule has 2 atom stereocenters. The van der Waals surface area contributed by atoms with E-state index in [1.54, 1.807) is 4.90 Å². The Morgan fingerprint density at radius 2 is 1.81 bits per heavy atom. The molecule has 0 aromatic heterocycles. The van der Waals surface area contributed by atoms with Crippen LogP contribution in [-0.4, -0.2) is 33.8 Å². The standard InChI is InChI=1S/C20H27F2NO3/c1-12-15(8-9-16(21)17(12)22)20(25)10-13-6-5-7-14(11-20)23(13)18(24)26-19(2,3)4/h8-9,13-14,25H,5-7,10-11H2,1-4H3. The number of nitrogens with zero attached hydrogens (tertiary/aromatic N) is 1. The number of amides is 1. The lowest BCUT2D eigenvalue weighted by atomic mass is 9.71. The van der Waals surface area contributed by atoms with Crippen molar-refractivity contribution in [3.8, 4) is 0 Å². The third-order valence-corrected chi connectivity index (χ3v) is 5.45. The molecular formula is C20H27F2NO3. The van der Waals surface area contributed by atoms with Crippen molar-refractivity contribution in [3.63, 3.8) is 0 Å². The summed E-state index contributed by atoms with van der Waals surface area (Å²) in [5.74, 6) is -1.84. The number of carbonyl (C=O) groups excluding carboxylic acids is 1. The molecule has 2 unspecified atom stereocenters. The molecule has 4 nitrogen and oxygen atoms in total. The lowest BCUT2D eigenvalue weighted by molar-refractivity contribution is -0.0969. The molecule has 2 aliphatic rings. The zero-order valence-corrected chi connectivity index (χ0v) is 15.8. The quantitative estimate of drug-likeness (QED) is 0.800. The summed E-state index contributed by atoms with van der Waals surface area (Å²) in [5, 5.41) is 11.3. The van der Waals surface area contributed by atoms with Gasteiger partial charge in [-0.1, -0.05) is 6.07 Å². The van der Waals surface area contributed by atoms with Gasteiger partial charge in [-0.3, -0.25) is 0 Å². The SMILES string of the molecule is Cc1c(C2(O)CC3CCCC(C2)N3C(=O)OC(C)(C)C)ccc(F)c1F. The minimum absolute atomic E-state index is 0.135. The van der Waals surface area contributed by atoms with Crippen LogP contribution in [0.25, 0.3) is 0 Å². The van der Waals surface area contributed by atoms with Crippen molar-refractivity contribution in [2.45, 2.75) is 83.1 Å². The highest BCUT2D eigenvalue weighted by atomic mass is 19.2. The Hall–Kier alpha value is -1.69. The van der Waals surface area contributed by atoms with E-state index in [-0.39, 0.29) is 23.7 Å². The number of benzene rings is 1. The molecule has 1 N–H and O–H groups in total. The highest BCUT2D eigenvalue weighted by Gasteiger charge is 2.49. The van der Waals surface area contributed by atoms with Gasteiger partial charge in [-0.15, -0.1) is 0 Å². The van der Waals surface area contributed by atoms with Gasteiger partial charge in [0, 0.05) is 24.9 Å². The molecule has 0 aliphatic carbocycles. The number of carbonyl (C=O) groups is 1. The lowest BCUT2D eigenvalue weighted by Crippen LogP contribution is -2.59. The van der Waals surface area contributed by atoms with Crippen molar-refractivity contribution in [3.05, 3.63) is 34.9 Å². The van der Waals surface area contributed by atoms with Gasteiger partial charge >= 0.3 is 6.09 Å². The number of piperidine rings is 2. The molecule has 2 heterocycles. The minimum atomic E-state index is -1.27. The van der Waals surface area contributed by atoms with Crippen molar-refractivity contribution in [2.24, 2.45) is 0 Å². The second kappa shape index (κ2) is 6.48. The predicted molar refractivity (Wildman–Crippen MR) is 93.7 cm³/mol. The molecule has 1 amide bonds. The summed E-state index contributed by atoms with van der Waals surface area (Å²) in [7, 11) is 0. The van der Waals surface area contributed by atoms with Crippen LogP contribution in [0.2, 0.25) is 0 Å². The van der Waals surface area contributed by atoms with Crippen LogP contribution in [0.5, 0.6) is 0 Å². The van der Waals surface area contributed by atoms with Gasteiger partial charge in [0.25, 0.3) is 0 Å². The summed E-state index contributed by atoms with van der Waals surface area (Å²) in [6.45, 7) is 6.96. The maximum absolute atomic E-state index is 14.0. The molecule has 3 rings (SSSR count). The van der Waals surface area contributed by atoms with Gasteiger partial charge < -0.3 is 14.7 Å². The number of aliphatic hydroxyl groups is 1. The molecule has 26 heavy (non-hydrogen) atoms. The van der Waals surface area contributed by atoms with Crippen LogP contribution >= 0.6 is 0 Å². The molecule has 144 valence electrons. The fraction of sp³-hybridized carbons (Fsp3) is 0.650. The average Bonchev–Trinajstić information content (AvgIpc) is 2.49. The highest BCUT2D eigenvalue weighted by Crippen LogP contribution is 2.46. The fourth-order valence-electron chi connectivity index (χ4n) is 4.42. The molecule has 0 radical (unpaired) electrons. The second-order valence-corrected chi connectivity index (χ2v) is 8.60. The zero-order valence-electron chi connectivity index (χ0n) is 15.8. The maximum Gasteiger partial charge on any atom is 0.410 e. The smallest absolute Gasteiger partial charge is 0.410 e. The number of ether oxygens (including phenoxy) is 1. The van der Waals surface area contributed by atoms with E-state index in [9.17, 15) is 18.7 Å². The highest BCUT2D eigenvalue weighted by molar-refractivity contribution is 5.69. The molecule has 0 saturated carbocycles. The second-order valence-electron chi connectivity index (χ2n) is 8.60. The average molecular weight is 367 g/mol. The van der Waals surface area contributed by atoms with Crippen LogP contribution < -0.4 is 0 Å². The first-order chi connectivity index (χ1) is 12.0. The summed E-state index contributed by atoms with van der Waals surface area (Å²) in [5.41, 5.74) is -1.31. The van der Waals surface area contributed by atoms with E-state index < -0.39 is 22.8 Å². The van der Waals surface area contributed by atoms with E-state index in [1.807, 2.05) is 20.8 Å². The molecule has 6 heteroatoms. The van der Waals surface area contributed by atoms with Crippen LogP contribution in [0, 0.1) is 18.6 Å². The van der Waals surface area contributed by atoms with Crippen LogP contribution in [0.15, 0.2) is 12.1 Å². The van der Waals surface area contributed by atoms with Gasteiger partial charge in [-0.25, -0.2) is 13.6 Å². The van der Waals surface area contributed by atoms with E-state index in [4.69, 9.17) is 4.74 Å². The first kappa shape index (κ1) is 19.1. The third-order valence-electron chi connectivity index (χ3n) is 5.45. The molecule has 1 aromatic carbocycles. The van der Waals surface area contributed by atoms with Gasteiger partial charge in [0.05, 0.1) is 5.60 Å². The van der Waals surface area contributed by atoms with Crippen LogP contribution in [0.1, 0.15) is 64.0 Å². The van der Waals surface area contributed by atoms with Gasteiger partial charge in [-0.2, -0.15) is 0 Å². The fourth-order valence-corrected chi connectivity index (χ4v) is 4.42. The first-order valence-corrected chi connectivity index (χ1v) is 9.20. The number of hydrogen-bond acceptors (Lipinski definition) is 3. The maximum atomic E-state index is 14.0. The van der Waals surface area contributed by atoms with Gasteiger partial charge in [-0.05, 0) is 64.2 Å². The summed E-state index contributed by atoms with van der Waals surface area (Å²) in [6.07, 6.45) is 2.74. The number of rotatable bonds is 1. The summed E-state index contributed by atoms with van der Waals surface area (Å²) in [4.78, 5) is 14.4. The van der Waals surface area contributed by atoms with E-state index >= 15 is 0 Å². The lowest BCUT2D eigenvalue weighted by Gasteiger charge is -2.52. The number of fused-ring (bicyclic) bond motifs is 2. The Morgan fingerprint density at radius 1 is 1.23 bits per heavy atom. The minimum Gasteiger partial charge on any atom is -0.444 e. The number of halogens is 2. The van der Waals surface area contributed by atoms with E-state index in [0.717, 1.165) is 25.3 Å². The van der Waals surface area contributed by atoms with Crippen LogP contribution in [-0.2, 0) is 10.3 Å². The monoisotopic (exact) mass is 367 g/mol. The van der Waals surface area contributed by atoms with Crippen LogP contribution in [0.4, 0.5) is 13.6 Å². The van der Waals surface area contributed by atoms with Crippen molar-refractivity contribution in [2.75, 3.05) is 0 Å². The third kappa shape index (κ3) is 3.43. The summed E-state index contributed by atoms with van der Waals surface area (Å²) in [6, 6.07) is 2.18. The molecule has 1 aromatic rings. The van der Waals surface area contributed by atoms with Crippen LogP contribution in [0.3, 0.4) is 0 Å². The normalized spacial score (nSPS) is 28.8. The van der Waals surface area contributed by atoms with E-state index in [1.165, 1.54) is 13.0 Å². The summed E-state index contributed by atoms with van der Waals surface area (Å²) < 4.78 is 33.0. The van der Waals surface area contributed by atoms with E-state index in [2.05, 4.69) is 0 Å². The predicted octanol–water partition coefficient (Wildman–Crippen LogP) is 4.41. The van der Waals surface area contributed by atoms with Gasteiger partial charge in [0.2, 0.25) is 0 Å². The topological polar surface area (TPSA) is 49.8 Å². The van der Waals surface area contributed by atoms with Crippen molar-refractivity contribution >= 4 is 6.09 Å².